The fourth-order valence-corrected chi connectivity index (χ4v) is 3.91. The minimum atomic E-state index is -4.00. The molecule has 1 aromatic rings. The normalized spacial score (nSPS) is 11.7. The molecule has 0 amide bonds. The smallest absolute Gasteiger partial charge is 0.389 e. The number of halogens is 3. The van der Waals surface area contributed by atoms with Crippen molar-refractivity contribution in [3.05, 3.63) is 24.3 Å². The SMILES string of the molecule is CCCCCCCCCCN(C)c1ccc(OCCCCCCCCCC(F)(F)F)cc1. The van der Waals surface area contributed by atoms with Crippen molar-refractivity contribution in [1.82, 2.24) is 0 Å². The number of anilines is 1. The predicted octanol–water partition coefficient (Wildman–Crippen LogP) is 9.33. The molecule has 0 unspecified atom stereocenters. The highest BCUT2D eigenvalue weighted by Gasteiger charge is 2.25. The molecule has 0 saturated heterocycles. The molecule has 0 bridgehead atoms. The van der Waals surface area contributed by atoms with E-state index < -0.39 is 12.6 Å². The predicted molar refractivity (Wildman–Crippen MR) is 131 cm³/mol. The van der Waals surface area contributed by atoms with Crippen molar-refractivity contribution in [2.75, 3.05) is 25.1 Å². The molecule has 0 N–H and O–H groups in total. The number of nitrogens with zero attached hydrogens (tertiary/aromatic N) is 1. The lowest BCUT2D eigenvalue weighted by atomic mass is 10.1. The summed E-state index contributed by atoms with van der Waals surface area (Å²) in [5.74, 6) is 0.904. The van der Waals surface area contributed by atoms with Crippen molar-refractivity contribution >= 4 is 5.69 Å². The third-order valence-electron chi connectivity index (χ3n) is 6.00. The van der Waals surface area contributed by atoms with Crippen molar-refractivity contribution in [3.63, 3.8) is 0 Å². The van der Waals surface area contributed by atoms with E-state index in [0.717, 1.165) is 44.4 Å². The molecule has 0 saturated carbocycles. The number of ether oxygens (including phenoxy) is 1. The summed E-state index contributed by atoms with van der Waals surface area (Å²) in [5, 5.41) is 0. The van der Waals surface area contributed by atoms with Crippen LogP contribution in [-0.4, -0.2) is 26.4 Å². The molecule has 0 spiro atoms. The van der Waals surface area contributed by atoms with Gasteiger partial charge in [0.15, 0.2) is 0 Å². The molecule has 0 aromatic heterocycles. The molecule has 0 fully saturated rings. The Balaban J connectivity index is 2.01. The van der Waals surface area contributed by atoms with Gasteiger partial charge >= 0.3 is 6.18 Å². The van der Waals surface area contributed by atoms with Gasteiger partial charge in [0.25, 0.3) is 0 Å². The molecular formula is C27H46F3NO. The topological polar surface area (TPSA) is 12.5 Å². The molecule has 0 aliphatic heterocycles. The third-order valence-corrected chi connectivity index (χ3v) is 6.00. The first-order valence-electron chi connectivity index (χ1n) is 12.9. The molecule has 2 nitrogen and oxygen atoms in total. The van der Waals surface area contributed by atoms with Gasteiger partial charge in [-0.1, -0.05) is 84.0 Å². The molecular weight excluding hydrogens is 411 g/mol. The second-order valence-electron chi connectivity index (χ2n) is 9.08. The zero-order valence-corrected chi connectivity index (χ0v) is 20.5. The molecule has 5 heteroatoms. The number of hydrogen-bond acceptors (Lipinski definition) is 2. The number of unbranched alkanes of at least 4 members (excludes halogenated alkanes) is 13. The standard InChI is InChI=1S/C27H46F3NO/c1-3-4-5-6-7-10-13-16-23-31(2)25-18-20-26(21-19-25)32-24-17-14-11-8-9-12-15-22-27(28,29)30/h18-21H,3-17,22-24H2,1-2H3. The summed E-state index contributed by atoms with van der Waals surface area (Å²) < 4.78 is 42.0. The zero-order chi connectivity index (χ0) is 23.5. The maximum Gasteiger partial charge on any atom is 0.389 e. The summed E-state index contributed by atoms with van der Waals surface area (Å²) in [5.41, 5.74) is 1.23. The zero-order valence-electron chi connectivity index (χ0n) is 20.5. The second-order valence-corrected chi connectivity index (χ2v) is 9.08. The van der Waals surface area contributed by atoms with Gasteiger partial charge in [0, 0.05) is 25.7 Å². The monoisotopic (exact) mass is 457 g/mol. The van der Waals surface area contributed by atoms with Crippen LogP contribution in [0.4, 0.5) is 18.9 Å². The molecule has 0 aliphatic carbocycles. The summed E-state index contributed by atoms with van der Waals surface area (Å²) in [4.78, 5) is 2.32. The van der Waals surface area contributed by atoms with Crippen LogP contribution < -0.4 is 9.64 Å². The van der Waals surface area contributed by atoms with Gasteiger partial charge in [-0.25, -0.2) is 0 Å². The second kappa shape index (κ2) is 18.1. The van der Waals surface area contributed by atoms with Gasteiger partial charge in [0.05, 0.1) is 6.61 Å². The van der Waals surface area contributed by atoms with Gasteiger partial charge in [-0.3, -0.25) is 0 Å². The average Bonchev–Trinajstić information content (AvgIpc) is 2.76. The van der Waals surface area contributed by atoms with Crippen LogP contribution in [0.2, 0.25) is 0 Å². The van der Waals surface area contributed by atoms with Crippen LogP contribution >= 0.6 is 0 Å². The van der Waals surface area contributed by atoms with Crippen LogP contribution in [0, 0.1) is 0 Å². The molecule has 186 valence electrons. The lowest BCUT2D eigenvalue weighted by molar-refractivity contribution is -0.135. The van der Waals surface area contributed by atoms with E-state index in [1.807, 2.05) is 12.1 Å². The summed E-state index contributed by atoms with van der Waals surface area (Å²) in [7, 11) is 2.15. The summed E-state index contributed by atoms with van der Waals surface area (Å²) in [6, 6.07) is 8.34. The number of alkyl halides is 3. The van der Waals surface area contributed by atoms with Crippen LogP contribution in [0.3, 0.4) is 0 Å². The Hall–Kier alpha value is -1.39. The fourth-order valence-electron chi connectivity index (χ4n) is 3.91. The van der Waals surface area contributed by atoms with E-state index in [1.165, 1.54) is 57.1 Å². The van der Waals surface area contributed by atoms with E-state index >= 15 is 0 Å². The summed E-state index contributed by atoms with van der Waals surface area (Å²) >= 11 is 0. The van der Waals surface area contributed by atoms with E-state index in [9.17, 15) is 13.2 Å². The van der Waals surface area contributed by atoms with Crippen molar-refractivity contribution in [2.24, 2.45) is 0 Å². The van der Waals surface area contributed by atoms with Crippen LogP contribution in [-0.2, 0) is 0 Å². The Morgan fingerprint density at radius 1 is 0.688 bits per heavy atom. The molecule has 0 radical (unpaired) electrons. The first-order chi connectivity index (χ1) is 15.4. The quantitative estimate of drug-likeness (QED) is 0.181. The minimum absolute atomic E-state index is 0.261. The van der Waals surface area contributed by atoms with Gasteiger partial charge in [0.1, 0.15) is 5.75 Å². The van der Waals surface area contributed by atoms with Crippen molar-refractivity contribution < 1.29 is 17.9 Å². The fraction of sp³-hybridized carbons (Fsp3) is 0.778. The van der Waals surface area contributed by atoms with Gasteiger partial charge in [-0.05, 0) is 43.5 Å². The van der Waals surface area contributed by atoms with E-state index in [0.29, 0.717) is 13.0 Å². The molecule has 0 aliphatic rings. The third kappa shape index (κ3) is 16.3. The number of rotatable bonds is 20. The lowest BCUT2D eigenvalue weighted by Gasteiger charge is -2.19. The first kappa shape index (κ1) is 28.6. The van der Waals surface area contributed by atoms with Gasteiger partial charge in [-0.2, -0.15) is 13.2 Å². The Bertz CT molecular complexity index is 545. The molecule has 0 atom stereocenters. The lowest BCUT2D eigenvalue weighted by Crippen LogP contribution is -2.18. The first-order valence-corrected chi connectivity index (χ1v) is 12.9. The molecule has 1 rings (SSSR count). The van der Waals surface area contributed by atoms with Crippen molar-refractivity contribution in [3.8, 4) is 5.75 Å². The van der Waals surface area contributed by atoms with E-state index in [2.05, 4.69) is 31.0 Å². The largest absolute Gasteiger partial charge is 0.494 e. The van der Waals surface area contributed by atoms with E-state index in [-0.39, 0.29) is 6.42 Å². The van der Waals surface area contributed by atoms with Crippen LogP contribution in [0.5, 0.6) is 5.75 Å². The minimum Gasteiger partial charge on any atom is -0.494 e. The van der Waals surface area contributed by atoms with Crippen LogP contribution in [0.1, 0.15) is 110 Å². The maximum absolute atomic E-state index is 12.1. The highest BCUT2D eigenvalue weighted by atomic mass is 19.4. The maximum atomic E-state index is 12.1. The highest BCUT2D eigenvalue weighted by Crippen LogP contribution is 2.23. The van der Waals surface area contributed by atoms with E-state index in [4.69, 9.17) is 4.74 Å². The highest BCUT2D eigenvalue weighted by molar-refractivity contribution is 5.48. The summed E-state index contributed by atoms with van der Waals surface area (Å²) in [6.07, 6.45) is 12.1. The molecule has 1 aromatic carbocycles. The van der Waals surface area contributed by atoms with Gasteiger partial charge < -0.3 is 9.64 Å². The number of hydrogen-bond donors (Lipinski definition) is 0. The number of benzene rings is 1. The Morgan fingerprint density at radius 2 is 1.19 bits per heavy atom. The Morgan fingerprint density at radius 3 is 1.75 bits per heavy atom. The summed E-state index contributed by atoms with van der Waals surface area (Å²) in [6.45, 7) is 4.04. The van der Waals surface area contributed by atoms with Crippen LogP contribution in [0.15, 0.2) is 24.3 Å². The van der Waals surface area contributed by atoms with E-state index in [1.54, 1.807) is 0 Å². The Labute approximate surface area is 194 Å². The average molecular weight is 458 g/mol. The molecule has 32 heavy (non-hydrogen) atoms. The van der Waals surface area contributed by atoms with Crippen LogP contribution in [0.25, 0.3) is 0 Å². The van der Waals surface area contributed by atoms with Crippen molar-refractivity contribution in [2.45, 2.75) is 116 Å². The van der Waals surface area contributed by atoms with Gasteiger partial charge in [-0.15, -0.1) is 0 Å². The van der Waals surface area contributed by atoms with Gasteiger partial charge in [0.2, 0.25) is 0 Å². The Kier molecular flexibility index (Phi) is 16.2. The molecule has 0 heterocycles. The van der Waals surface area contributed by atoms with Crippen molar-refractivity contribution in [1.29, 1.82) is 0 Å².